The first-order valence-electron chi connectivity index (χ1n) is 9.92. The molecule has 1 aromatic rings. The molecule has 0 bridgehead atoms. The van der Waals surface area contributed by atoms with E-state index < -0.39 is 87.8 Å². The van der Waals surface area contributed by atoms with E-state index in [9.17, 15) is 43.5 Å². The fraction of sp³-hybridized carbons (Fsp3) is 0.700. The summed E-state index contributed by atoms with van der Waals surface area (Å²) in [4.78, 5) is 2.12. The van der Waals surface area contributed by atoms with Crippen molar-refractivity contribution in [2.45, 2.75) is 43.5 Å². The normalized spacial score (nSPS) is 10.1. The number of nitrogens with zero attached hydrogens (tertiary/aromatic N) is 3. The van der Waals surface area contributed by atoms with Crippen LogP contribution in [0.2, 0.25) is 0 Å². The molecule has 0 aliphatic rings. The highest BCUT2D eigenvalue weighted by Crippen LogP contribution is 2.15. The summed E-state index contributed by atoms with van der Waals surface area (Å²) >= 11 is 0. The lowest BCUT2D eigenvalue weighted by molar-refractivity contribution is 0.111. The van der Waals surface area contributed by atoms with Crippen molar-refractivity contribution < 1.29 is 52.8 Å². The van der Waals surface area contributed by atoms with Crippen LogP contribution in [0.5, 0.6) is 0 Å². The number of aliphatic hydroxyl groups is 1. The lowest BCUT2D eigenvalue weighted by Crippen LogP contribution is -2.23. The molecule has 1 aromatic carbocycles. The van der Waals surface area contributed by atoms with Crippen molar-refractivity contribution in [1.82, 2.24) is 0 Å². The highest BCUT2D eigenvalue weighted by Gasteiger charge is 2.21. The number of aliphatic hydroxyl groups excluding tert-OH is 1. The van der Waals surface area contributed by atoms with Gasteiger partial charge in [0.1, 0.15) is 65.6 Å². The molecule has 0 aliphatic heterocycles. The topological polar surface area (TPSA) is 138 Å². The Kier molecular flexibility index (Phi) is 35.9. The zero-order valence-corrected chi connectivity index (χ0v) is 21.3. The largest absolute Gasteiger partial charge is 0.388 e. The molecule has 0 saturated heterocycles. The van der Waals surface area contributed by atoms with Gasteiger partial charge in [0.2, 0.25) is 0 Å². The molecule has 0 heterocycles. The van der Waals surface area contributed by atoms with Crippen LogP contribution in [0.15, 0.2) is 34.3 Å². The molecule has 38 heavy (non-hydrogen) atoms. The molecule has 0 saturated carbocycles. The van der Waals surface area contributed by atoms with Crippen LogP contribution in [0, 0.1) is 6.92 Å². The second kappa shape index (κ2) is 29.6. The number of azide groups is 1. The minimum absolute atomic E-state index is 0. The van der Waals surface area contributed by atoms with Crippen LogP contribution in [0.25, 0.3) is 10.4 Å². The van der Waals surface area contributed by atoms with Crippen LogP contribution in [-0.4, -0.2) is 91.2 Å². The van der Waals surface area contributed by atoms with Gasteiger partial charge in [-0.2, -0.15) is 8.42 Å². The van der Waals surface area contributed by atoms with Crippen molar-refractivity contribution in [3.05, 3.63) is 40.3 Å². The molecule has 228 valence electrons. The quantitative estimate of drug-likeness (QED) is 0.109. The van der Waals surface area contributed by atoms with Crippen molar-refractivity contribution in [2.75, 3.05) is 53.4 Å². The maximum Gasteiger partial charge on any atom is 0.297 e. The third-order valence-electron chi connectivity index (χ3n) is 3.24. The van der Waals surface area contributed by atoms with E-state index >= 15 is 0 Å². The molecule has 0 aliphatic carbocycles. The Morgan fingerprint density at radius 1 is 0.895 bits per heavy atom. The summed E-state index contributed by atoms with van der Waals surface area (Å²) in [6.07, 6.45) is -2.96. The molecule has 0 fully saturated rings. The van der Waals surface area contributed by atoms with E-state index in [-0.39, 0.29) is 24.7 Å². The standard InChI is InChI=1S/C10H12F2O3S.C3H5F2N3.C3H7F2N.C3H6F2O.CH4.ClH/c1-8-2-4-10(5-3-8)16(13,14)15-9(6-11)7-12;4-1-3(2-5)7-8-6;2*4-1-3(6)2-5;;/h2-5,9H,6-7H2,1H3;3H,1-2H2;3H,1-2,6H2;3,6H,1-2H2;1H4;1H. The molecule has 0 atom stereocenters. The first-order valence-corrected chi connectivity index (χ1v) is 11.3. The van der Waals surface area contributed by atoms with Crippen molar-refractivity contribution in [2.24, 2.45) is 10.8 Å². The van der Waals surface area contributed by atoms with Gasteiger partial charge in [-0.1, -0.05) is 30.2 Å². The van der Waals surface area contributed by atoms with Crippen molar-refractivity contribution >= 4 is 22.5 Å². The fourth-order valence-corrected chi connectivity index (χ4v) is 2.33. The summed E-state index contributed by atoms with van der Waals surface area (Å²) in [5, 5.41) is 10.7. The Bertz CT molecular complexity index is 772. The average molecular weight is 615 g/mol. The van der Waals surface area contributed by atoms with Gasteiger partial charge < -0.3 is 10.8 Å². The second-order valence-electron chi connectivity index (χ2n) is 6.49. The average Bonchev–Trinajstić information content (AvgIpc) is 2.90. The Morgan fingerprint density at radius 2 is 1.32 bits per heavy atom. The van der Waals surface area contributed by atoms with Gasteiger partial charge in [0.15, 0.2) is 0 Å². The Hall–Kier alpha value is -1.91. The number of benzene rings is 1. The van der Waals surface area contributed by atoms with Gasteiger partial charge in [0.25, 0.3) is 10.1 Å². The van der Waals surface area contributed by atoms with E-state index in [0.717, 1.165) is 5.56 Å². The molecule has 1 rings (SSSR count). The highest BCUT2D eigenvalue weighted by molar-refractivity contribution is 7.86. The Labute approximate surface area is 223 Å². The van der Waals surface area contributed by atoms with E-state index in [1.54, 1.807) is 19.1 Å². The van der Waals surface area contributed by atoms with Crippen molar-refractivity contribution in [1.29, 1.82) is 0 Å². The lowest BCUT2D eigenvalue weighted by Gasteiger charge is -2.10. The molecule has 0 radical (unpaired) electrons. The highest BCUT2D eigenvalue weighted by atomic mass is 35.5. The van der Waals surface area contributed by atoms with Gasteiger partial charge in [0.05, 0.1) is 17.0 Å². The van der Waals surface area contributed by atoms with Crippen molar-refractivity contribution in [3.63, 3.8) is 0 Å². The predicted molar refractivity (Wildman–Crippen MR) is 132 cm³/mol. The maximum atomic E-state index is 12.1. The zero-order chi connectivity index (χ0) is 28.6. The van der Waals surface area contributed by atoms with Crippen LogP contribution in [0.4, 0.5) is 35.1 Å². The van der Waals surface area contributed by atoms with Crippen molar-refractivity contribution in [3.8, 4) is 0 Å². The first-order chi connectivity index (χ1) is 17.0. The molecule has 3 N–H and O–H groups in total. The van der Waals surface area contributed by atoms with E-state index in [2.05, 4.69) is 14.2 Å². The number of nitrogens with two attached hydrogens (primary N) is 1. The fourth-order valence-electron chi connectivity index (χ4n) is 1.29. The van der Waals surface area contributed by atoms with E-state index in [0.29, 0.717) is 0 Å². The summed E-state index contributed by atoms with van der Waals surface area (Å²) in [7, 11) is -4.08. The van der Waals surface area contributed by atoms with Crippen LogP contribution in [0.1, 0.15) is 13.0 Å². The van der Waals surface area contributed by atoms with Gasteiger partial charge in [-0.25, -0.2) is 26.3 Å². The summed E-state index contributed by atoms with van der Waals surface area (Å²) in [5.41, 5.74) is 13.2. The zero-order valence-electron chi connectivity index (χ0n) is 19.7. The smallest absolute Gasteiger partial charge is 0.297 e. The first kappa shape index (κ1) is 46.0. The molecule has 0 amide bonds. The Morgan fingerprint density at radius 3 is 1.53 bits per heavy atom. The van der Waals surface area contributed by atoms with Gasteiger partial charge >= 0.3 is 0 Å². The monoisotopic (exact) mass is 614 g/mol. The molecular formula is C20H35ClF8N4O4S. The number of hydrogen-bond acceptors (Lipinski definition) is 6. The third kappa shape index (κ3) is 25.7. The number of halogens is 9. The van der Waals surface area contributed by atoms with Gasteiger partial charge in [-0.3, -0.25) is 13.0 Å². The molecule has 0 aromatic heterocycles. The summed E-state index contributed by atoms with van der Waals surface area (Å²) in [6, 6.07) is 3.80. The van der Waals surface area contributed by atoms with Gasteiger partial charge in [-0.15, -0.1) is 12.4 Å². The molecule has 8 nitrogen and oxygen atoms in total. The van der Waals surface area contributed by atoms with Crippen LogP contribution in [0.3, 0.4) is 0 Å². The van der Waals surface area contributed by atoms with Gasteiger partial charge in [0, 0.05) is 4.91 Å². The number of aryl methyl sites for hydroxylation is 1. The number of hydrogen-bond donors (Lipinski definition) is 2. The van der Waals surface area contributed by atoms with Crippen LogP contribution < -0.4 is 5.73 Å². The van der Waals surface area contributed by atoms with E-state index in [4.69, 9.17) is 16.4 Å². The second-order valence-corrected chi connectivity index (χ2v) is 8.06. The Balaban J connectivity index is -0.000000140. The third-order valence-corrected chi connectivity index (χ3v) is 4.62. The number of rotatable bonds is 12. The SMILES string of the molecule is C.Cc1ccc(S(=O)(=O)OC(CF)CF)cc1.Cl.NC(CF)CF.OC(CF)CF.[N-]=[N+]=NC(CF)CF. The number of alkyl halides is 8. The molecule has 0 unspecified atom stereocenters. The lowest BCUT2D eigenvalue weighted by atomic mass is 10.2. The van der Waals surface area contributed by atoms with E-state index in [1.807, 2.05) is 0 Å². The maximum absolute atomic E-state index is 12.1. The summed E-state index contributed by atoms with van der Waals surface area (Å²) < 4.78 is 118. The van der Waals surface area contributed by atoms with Crippen LogP contribution in [-0.2, 0) is 14.3 Å². The summed E-state index contributed by atoms with van der Waals surface area (Å²) in [5.74, 6) is 0. The molecule has 18 heteroatoms. The minimum atomic E-state index is -4.08. The van der Waals surface area contributed by atoms with Gasteiger partial charge in [-0.05, 0) is 24.6 Å². The minimum Gasteiger partial charge on any atom is -0.388 e. The molecule has 0 spiro atoms. The predicted octanol–water partition coefficient (Wildman–Crippen LogP) is 5.21. The molecular weight excluding hydrogens is 580 g/mol. The van der Waals surface area contributed by atoms with Crippen LogP contribution >= 0.6 is 12.4 Å². The summed E-state index contributed by atoms with van der Waals surface area (Å²) in [6.45, 7) is -5.94. The van der Waals surface area contributed by atoms with E-state index in [1.165, 1.54) is 12.1 Å².